The first-order chi connectivity index (χ1) is 18.9. The summed E-state index contributed by atoms with van der Waals surface area (Å²) in [5, 5.41) is 14.6. The van der Waals surface area contributed by atoms with Gasteiger partial charge in [0.25, 0.3) is 5.91 Å². The van der Waals surface area contributed by atoms with E-state index in [0.29, 0.717) is 35.8 Å². The first-order valence-corrected chi connectivity index (χ1v) is 12.6. The average molecular weight is 532 g/mol. The molecular weight excluding hydrogens is 498 g/mol. The zero-order valence-corrected chi connectivity index (χ0v) is 22.0. The van der Waals surface area contributed by atoms with Crippen LogP contribution in [0.3, 0.4) is 0 Å². The maximum atomic E-state index is 13.7. The van der Waals surface area contributed by atoms with Crippen molar-refractivity contribution < 1.29 is 29.0 Å². The molecule has 1 atom stereocenters. The molecule has 3 aromatic carbocycles. The van der Waals surface area contributed by atoms with Crippen molar-refractivity contribution in [2.45, 2.75) is 25.9 Å². The maximum absolute atomic E-state index is 13.7. The minimum atomic E-state index is -1.07. The highest BCUT2D eigenvalue weighted by molar-refractivity contribution is 6.02. The molecule has 0 aliphatic rings. The monoisotopic (exact) mass is 531 g/mol. The highest BCUT2D eigenvalue weighted by Crippen LogP contribution is 2.21. The molecule has 0 radical (unpaired) electrons. The molecule has 0 spiro atoms. The van der Waals surface area contributed by atoms with Gasteiger partial charge in [-0.25, -0.2) is 0 Å². The van der Waals surface area contributed by atoms with Gasteiger partial charge in [-0.15, -0.1) is 0 Å². The number of likely N-dealkylation sites (N-methyl/N-ethyl adjacent to an activating group) is 1. The second-order valence-electron chi connectivity index (χ2n) is 8.48. The van der Waals surface area contributed by atoms with Crippen LogP contribution in [-0.4, -0.2) is 49.3 Å². The number of anilines is 2. The Kier molecular flexibility index (Phi) is 10.9. The minimum Gasteiger partial charge on any atom is -0.497 e. The van der Waals surface area contributed by atoms with Crippen molar-refractivity contribution in [2.24, 2.45) is 0 Å². The van der Waals surface area contributed by atoms with Crippen molar-refractivity contribution in [1.29, 1.82) is 0 Å². The number of benzene rings is 3. The second-order valence-corrected chi connectivity index (χ2v) is 8.48. The van der Waals surface area contributed by atoms with Crippen LogP contribution in [-0.2, 0) is 14.4 Å². The molecule has 3 N–H and O–H groups in total. The van der Waals surface area contributed by atoms with Crippen LogP contribution in [0, 0.1) is 0 Å². The van der Waals surface area contributed by atoms with Gasteiger partial charge in [0.15, 0.2) is 6.17 Å². The Morgan fingerprint density at radius 1 is 0.949 bits per heavy atom. The van der Waals surface area contributed by atoms with Crippen LogP contribution in [0.15, 0.2) is 84.9 Å². The topological polar surface area (TPSA) is 117 Å². The summed E-state index contributed by atoms with van der Waals surface area (Å²) in [5.41, 5.74) is 2.11. The van der Waals surface area contributed by atoms with Crippen molar-refractivity contribution in [3.8, 4) is 11.5 Å². The molecule has 9 heteroatoms. The SMILES string of the molecule is CCN(C(=O)C(NC(=O)C=Cc1ccccc1)Nc1ccc(OCCCC(=O)O)cc1)c1ccc(OC)cc1. The number of hydrogen-bond acceptors (Lipinski definition) is 6. The van der Waals surface area contributed by atoms with Crippen LogP contribution >= 0.6 is 0 Å². The summed E-state index contributed by atoms with van der Waals surface area (Å²) in [6.07, 6.45) is 2.42. The van der Waals surface area contributed by atoms with E-state index in [1.807, 2.05) is 37.3 Å². The number of nitrogens with one attached hydrogen (secondary N) is 2. The van der Waals surface area contributed by atoms with Gasteiger partial charge in [0.1, 0.15) is 11.5 Å². The number of carbonyl (C=O) groups excluding carboxylic acids is 2. The van der Waals surface area contributed by atoms with Crippen molar-refractivity contribution in [1.82, 2.24) is 5.32 Å². The number of methoxy groups -OCH3 is 1. The highest BCUT2D eigenvalue weighted by Gasteiger charge is 2.26. The molecule has 0 saturated carbocycles. The lowest BCUT2D eigenvalue weighted by Gasteiger charge is -2.28. The number of carboxylic acid groups (broad SMARTS) is 1. The summed E-state index contributed by atoms with van der Waals surface area (Å²) in [6.45, 7) is 2.51. The van der Waals surface area contributed by atoms with Gasteiger partial charge in [-0.05, 0) is 73.5 Å². The molecular formula is C30H33N3O6. The molecule has 9 nitrogen and oxygen atoms in total. The van der Waals surface area contributed by atoms with Gasteiger partial charge in [-0.1, -0.05) is 30.3 Å². The fourth-order valence-electron chi connectivity index (χ4n) is 3.70. The van der Waals surface area contributed by atoms with Crippen molar-refractivity contribution in [2.75, 3.05) is 30.5 Å². The van der Waals surface area contributed by atoms with Crippen molar-refractivity contribution in [3.63, 3.8) is 0 Å². The second kappa shape index (κ2) is 14.8. The van der Waals surface area contributed by atoms with Crippen LogP contribution in [0.1, 0.15) is 25.3 Å². The summed E-state index contributed by atoms with van der Waals surface area (Å²) in [4.78, 5) is 38.7. The number of ether oxygens (including phenoxy) is 2. The van der Waals surface area contributed by atoms with Gasteiger partial charge in [0.2, 0.25) is 5.91 Å². The van der Waals surface area contributed by atoms with Gasteiger partial charge < -0.3 is 30.1 Å². The molecule has 0 heterocycles. The van der Waals surface area contributed by atoms with Gasteiger partial charge in [0.05, 0.1) is 13.7 Å². The number of carbonyl (C=O) groups is 3. The van der Waals surface area contributed by atoms with Crippen LogP contribution in [0.5, 0.6) is 11.5 Å². The Labute approximate surface area is 228 Å². The number of amides is 2. The lowest BCUT2D eigenvalue weighted by molar-refractivity contribution is -0.137. The third-order valence-electron chi connectivity index (χ3n) is 5.70. The Balaban J connectivity index is 1.76. The zero-order chi connectivity index (χ0) is 28.0. The maximum Gasteiger partial charge on any atom is 0.303 e. The highest BCUT2D eigenvalue weighted by atomic mass is 16.5. The standard InChI is InChI=1S/C30H33N3O6/c1-3-33(24-14-18-25(38-2)19-15-24)30(37)29(32-27(34)20-11-22-8-5-4-6-9-22)31-23-12-16-26(17-13-23)39-21-7-10-28(35)36/h4-6,8-9,11-20,29,31H,3,7,10,21H2,1-2H3,(H,32,34)(H,35,36). The quantitative estimate of drug-likeness (QED) is 0.159. The van der Waals surface area contributed by atoms with E-state index in [1.54, 1.807) is 66.6 Å². The van der Waals surface area contributed by atoms with Gasteiger partial charge in [-0.2, -0.15) is 0 Å². The van der Waals surface area contributed by atoms with Crippen LogP contribution in [0.25, 0.3) is 6.08 Å². The molecule has 1 unspecified atom stereocenters. The van der Waals surface area contributed by atoms with E-state index in [9.17, 15) is 14.4 Å². The first-order valence-electron chi connectivity index (χ1n) is 12.6. The molecule has 0 aliphatic carbocycles. The number of hydrogen-bond donors (Lipinski definition) is 3. The summed E-state index contributed by atoms with van der Waals surface area (Å²) < 4.78 is 10.8. The molecule has 0 aliphatic heterocycles. The molecule has 39 heavy (non-hydrogen) atoms. The smallest absolute Gasteiger partial charge is 0.303 e. The van der Waals surface area contributed by atoms with Crippen LogP contribution in [0.4, 0.5) is 11.4 Å². The third-order valence-corrected chi connectivity index (χ3v) is 5.70. The minimum absolute atomic E-state index is 0.0317. The van der Waals surface area contributed by atoms with E-state index in [-0.39, 0.29) is 18.9 Å². The number of nitrogens with zero attached hydrogens (tertiary/aromatic N) is 1. The van der Waals surface area contributed by atoms with E-state index in [1.165, 1.54) is 6.08 Å². The molecule has 0 saturated heterocycles. The molecule has 0 aromatic heterocycles. The van der Waals surface area contributed by atoms with Crippen LogP contribution in [0.2, 0.25) is 0 Å². The van der Waals surface area contributed by atoms with E-state index in [0.717, 1.165) is 5.56 Å². The van der Waals surface area contributed by atoms with E-state index in [2.05, 4.69) is 10.6 Å². The molecule has 0 fully saturated rings. The predicted octanol–water partition coefficient (Wildman–Crippen LogP) is 4.56. The Morgan fingerprint density at radius 3 is 2.23 bits per heavy atom. The van der Waals surface area contributed by atoms with Gasteiger partial charge in [-0.3, -0.25) is 14.4 Å². The first kappa shape index (κ1) is 28.8. The summed E-state index contributed by atoms with van der Waals surface area (Å²) in [7, 11) is 1.57. The van der Waals surface area contributed by atoms with E-state index in [4.69, 9.17) is 14.6 Å². The molecule has 2 amide bonds. The van der Waals surface area contributed by atoms with Crippen molar-refractivity contribution in [3.05, 3.63) is 90.5 Å². The largest absolute Gasteiger partial charge is 0.497 e. The van der Waals surface area contributed by atoms with Gasteiger partial charge in [0, 0.05) is 30.4 Å². The molecule has 3 rings (SSSR count). The van der Waals surface area contributed by atoms with Crippen LogP contribution < -0.4 is 25.0 Å². The number of aliphatic carboxylic acids is 1. The van der Waals surface area contributed by atoms with Crippen molar-refractivity contribution >= 4 is 35.2 Å². The summed E-state index contributed by atoms with van der Waals surface area (Å²) in [6, 6.07) is 23.4. The summed E-state index contributed by atoms with van der Waals surface area (Å²) in [5.74, 6) is -0.420. The number of carboxylic acids is 1. The van der Waals surface area contributed by atoms with Gasteiger partial charge >= 0.3 is 5.97 Å². The fourth-order valence-corrected chi connectivity index (χ4v) is 3.70. The fraction of sp³-hybridized carbons (Fsp3) is 0.233. The molecule has 3 aromatic rings. The Hall–Kier alpha value is -4.79. The molecule has 204 valence electrons. The lowest BCUT2D eigenvalue weighted by atomic mass is 10.2. The predicted molar refractivity (Wildman–Crippen MR) is 151 cm³/mol. The Morgan fingerprint density at radius 2 is 1.62 bits per heavy atom. The lowest BCUT2D eigenvalue weighted by Crippen LogP contribution is -2.52. The van der Waals surface area contributed by atoms with E-state index >= 15 is 0 Å². The third kappa shape index (κ3) is 9.23. The number of rotatable bonds is 14. The normalized spacial score (nSPS) is 11.4. The average Bonchev–Trinajstić information content (AvgIpc) is 2.96. The zero-order valence-electron chi connectivity index (χ0n) is 22.0. The summed E-state index contributed by atoms with van der Waals surface area (Å²) >= 11 is 0. The Bertz CT molecular complexity index is 1240. The molecule has 0 bridgehead atoms. The van der Waals surface area contributed by atoms with E-state index < -0.39 is 18.0 Å².